The number of rotatable bonds is 6. The van der Waals surface area contributed by atoms with E-state index < -0.39 is 40.2 Å². The Hall–Kier alpha value is -3.93. The molecule has 2 amide bonds. The van der Waals surface area contributed by atoms with E-state index in [0.29, 0.717) is 25.3 Å². The van der Waals surface area contributed by atoms with Gasteiger partial charge in [0.1, 0.15) is 17.2 Å². The van der Waals surface area contributed by atoms with Crippen molar-refractivity contribution in [3.8, 4) is 0 Å². The van der Waals surface area contributed by atoms with E-state index in [1.54, 1.807) is 0 Å². The van der Waals surface area contributed by atoms with E-state index in [9.17, 15) is 28.5 Å². The standard InChI is InChI=1S/C24H19ClF2N4O5/c25-15-1-4-21(31(34)35)18(10-15)24(33)30-20-11-17(2-3-19(20)27)29-23(32)14-7-13(8-16(26)9-14)22-12-28-5-6-36-22/h1-4,7-11,22,28H,5-6,12H2,(H,29,32)(H,30,33). The van der Waals surface area contributed by atoms with Gasteiger partial charge in [0, 0.05) is 35.4 Å². The molecule has 3 aromatic rings. The maximum absolute atomic E-state index is 14.4. The van der Waals surface area contributed by atoms with Gasteiger partial charge >= 0.3 is 0 Å². The fourth-order valence-corrected chi connectivity index (χ4v) is 3.82. The average molecular weight is 517 g/mol. The lowest BCUT2D eigenvalue weighted by Crippen LogP contribution is -2.33. The maximum Gasteiger partial charge on any atom is 0.282 e. The summed E-state index contributed by atoms with van der Waals surface area (Å²) in [7, 11) is 0. The number of benzene rings is 3. The summed E-state index contributed by atoms with van der Waals surface area (Å²) in [4.78, 5) is 35.9. The Morgan fingerprint density at radius 2 is 1.86 bits per heavy atom. The van der Waals surface area contributed by atoms with E-state index in [1.807, 2.05) is 0 Å². The van der Waals surface area contributed by atoms with Crippen molar-refractivity contribution in [1.82, 2.24) is 5.32 Å². The van der Waals surface area contributed by atoms with Crippen LogP contribution in [-0.4, -0.2) is 36.4 Å². The monoisotopic (exact) mass is 516 g/mol. The van der Waals surface area contributed by atoms with Crippen molar-refractivity contribution in [2.24, 2.45) is 0 Å². The number of nitro benzene ring substituents is 1. The molecule has 4 rings (SSSR count). The Morgan fingerprint density at radius 1 is 1.06 bits per heavy atom. The van der Waals surface area contributed by atoms with Crippen LogP contribution in [0.2, 0.25) is 5.02 Å². The predicted molar refractivity (Wildman–Crippen MR) is 128 cm³/mol. The highest BCUT2D eigenvalue weighted by molar-refractivity contribution is 6.31. The van der Waals surface area contributed by atoms with Gasteiger partial charge in [0.2, 0.25) is 0 Å². The van der Waals surface area contributed by atoms with E-state index in [2.05, 4.69) is 16.0 Å². The third kappa shape index (κ3) is 5.82. The molecule has 186 valence electrons. The molecular weight excluding hydrogens is 498 g/mol. The molecule has 1 aliphatic rings. The van der Waals surface area contributed by atoms with E-state index in [4.69, 9.17) is 16.3 Å². The van der Waals surface area contributed by atoms with E-state index in [0.717, 1.165) is 30.3 Å². The van der Waals surface area contributed by atoms with Gasteiger partial charge in [-0.15, -0.1) is 0 Å². The average Bonchev–Trinajstić information content (AvgIpc) is 2.86. The van der Waals surface area contributed by atoms with Crippen LogP contribution in [-0.2, 0) is 4.74 Å². The molecule has 12 heteroatoms. The lowest BCUT2D eigenvalue weighted by molar-refractivity contribution is -0.385. The van der Waals surface area contributed by atoms with Gasteiger partial charge < -0.3 is 20.7 Å². The zero-order valence-corrected chi connectivity index (χ0v) is 19.3. The summed E-state index contributed by atoms with van der Waals surface area (Å²) in [6, 6.07) is 10.6. The minimum absolute atomic E-state index is 0.0173. The number of nitrogens with one attached hydrogen (secondary N) is 3. The van der Waals surface area contributed by atoms with Gasteiger partial charge in [-0.3, -0.25) is 19.7 Å². The van der Waals surface area contributed by atoms with Crippen molar-refractivity contribution in [2.75, 3.05) is 30.3 Å². The molecule has 0 bridgehead atoms. The lowest BCUT2D eigenvalue weighted by atomic mass is 10.0. The smallest absolute Gasteiger partial charge is 0.282 e. The van der Waals surface area contributed by atoms with Gasteiger partial charge in [-0.2, -0.15) is 0 Å². The van der Waals surface area contributed by atoms with Crippen LogP contribution < -0.4 is 16.0 Å². The topological polar surface area (TPSA) is 123 Å². The zero-order chi connectivity index (χ0) is 25.8. The Morgan fingerprint density at radius 3 is 2.58 bits per heavy atom. The van der Waals surface area contributed by atoms with Crippen LogP contribution in [0.15, 0.2) is 54.6 Å². The zero-order valence-electron chi connectivity index (χ0n) is 18.5. The van der Waals surface area contributed by atoms with Crippen LogP contribution in [0.25, 0.3) is 0 Å². The molecule has 0 saturated carbocycles. The van der Waals surface area contributed by atoms with E-state index in [-0.39, 0.29) is 27.5 Å². The second-order valence-corrected chi connectivity index (χ2v) is 8.29. The fraction of sp³-hybridized carbons (Fsp3) is 0.167. The van der Waals surface area contributed by atoms with Gasteiger partial charge in [0.05, 0.1) is 23.3 Å². The van der Waals surface area contributed by atoms with Gasteiger partial charge in [-0.05, 0) is 54.1 Å². The van der Waals surface area contributed by atoms with Crippen LogP contribution in [0, 0.1) is 21.7 Å². The first-order chi connectivity index (χ1) is 17.2. The fourth-order valence-electron chi connectivity index (χ4n) is 3.65. The van der Waals surface area contributed by atoms with Gasteiger partial charge in [0.15, 0.2) is 0 Å². The Bertz CT molecular complexity index is 1350. The number of hydrogen-bond acceptors (Lipinski definition) is 6. The first-order valence-electron chi connectivity index (χ1n) is 10.7. The summed E-state index contributed by atoms with van der Waals surface area (Å²) in [5.41, 5.74) is -0.618. The number of halogens is 3. The Kier molecular flexibility index (Phi) is 7.53. The lowest BCUT2D eigenvalue weighted by Gasteiger charge is -2.24. The maximum atomic E-state index is 14.4. The van der Waals surface area contributed by atoms with Crippen LogP contribution in [0.5, 0.6) is 0 Å². The summed E-state index contributed by atoms with van der Waals surface area (Å²) in [5.74, 6) is -3.11. The molecule has 36 heavy (non-hydrogen) atoms. The minimum atomic E-state index is -0.970. The summed E-state index contributed by atoms with van der Waals surface area (Å²) in [6.45, 7) is 1.59. The van der Waals surface area contributed by atoms with Gasteiger partial charge in [-0.1, -0.05) is 11.6 Å². The van der Waals surface area contributed by atoms with Gasteiger partial charge in [-0.25, -0.2) is 8.78 Å². The molecule has 0 aromatic heterocycles. The molecule has 0 spiro atoms. The number of carbonyl (C=O) groups is 2. The minimum Gasteiger partial charge on any atom is -0.371 e. The van der Waals surface area contributed by atoms with E-state index in [1.165, 1.54) is 24.3 Å². The highest BCUT2D eigenvalue weighted by atomic mass is 35.5. The molecule has 0 aliphatic carbocycles. The quantitative estimate of drug-likeness (QED) is 0.322. The molecule has 1 unspecified atom stereocenters. The van der Waals surface area contributed by atoms with Crippen molar-refractivity contribution in [2.45, 2.75) is 6.10 Å². The second kappa shape index (κ2) is 10.8. The number of morpholine rings is 1. The molecule has 9 nitrogen and oxygen atoms in total. The van der Waals surface area contributed by atoms with Crippen molar-refractivity contribution >= 4 is 40.5 Å². The Balaban J connectivity index is 1.54. The van der Waals surface area contributed by atoms with Crippen LogP contribution >= 0.6 is 11.6 Å². The molecule has 1 heterocycles. The Labute approximate surface area is 208 Å². The number of nitro groups is 1. The molecule has 1 saturated heterocycles. The highest BCUT2D eigenvalue weighted by Crippen LogP contribution is 2.27. The third-order valence-electron chi connectivity index (χ3n) is 5.35. The number of ether oxygens (including phenoxy) is 1. The predicted octanol–water partition coefficient (Wildman–Crippen LogP) is 4.69. The molecule has 0 radical (unpaired) electrons. The molecule has 3 N–H and O–H groups in total. The molecule has 1 aliphatic heterocycles. The van der Waals surface area contributed by atoms with Crippen LogP contribution in [0.1, 0.15) is 32.4 Å². The summed E-state index contributed by atoms with van der Waals surface area (Å²) < 4.78 is 34.2. The van der Waals surface area contributed by atoms with Crippen molar-refractivity contribution in [3.05, 3.63) is 98.1 Å². The van der Waals surface area contributed by atoms with Crippen LogP contribution in [0.4, 0.5) is 25.8 Å². The SMILES string of the molecule is O=C(Nc1ccc(F)c(NC(=O)c2cc(Cl)ccc2[N+](=O)[O-])c1)c1cc(F)cc(C2CNCCO2)c1. The number of nitrogens with zero attached hydrogens (tertiary/aromatic N) is 1. The largest absolute Gasteiger partial charge is 0.371 e. The molecule has 1 fully saturated rings. The normalized spacial score (nSPS) is 15.2. The van der Waals surface area contributed by atoms with Crippen molar-refractivity contribution < 1.29 is 28.0 Å². The molecule has 1 atom stereocenters. The van der Waals surface area contributed by atoms with Crippen molar-refractivity contribution in [1.29, 1.82) is 0 Å². The first kappa shape index (κ1) is 25.2. The van der Waals surface area contributed by atoms with Crippen molar-refractivity contribution in [3.63, 3.8) is 0 Å². The summed E-state index contributed by atoms with van der Waals surface area (Å²) in [5, 5.41) is 19.2. The molecular formula is C24H19ClF2N4O5. The van der Waals surface area contributed by atoms with Gasteiger partial charge in [0.25, 0.3) is 17.5 Å². The highest BCUT2D eigenvalue weighted by Gasteiger charge is 2.22. The van der Waals surface area contributed by atoms with Crippen LogP contribution in [0.3, 0.4) is 0 Å². The second-order valence-electron chi connectivity index (χ2n) is 7.86. The summed E-state index contributed by atoms with van der Waals surface area (Å²) in [6.07, 6.45) is -0.413. The number of anilines is 2. The number of amides is 2. The molecule has 3 aromatic carbocycles. The first-order valence-corrected chi connectivity index (χ1v) is 11.1. The number of carbonyl (C=O) groups excluding carboxylic acids is 2. The number of hydrogen-bond donors (Lipinski definition) is 3. The third-order valence-corrected chi connectivity index (χ3v) is 5.59. The van der Waals surface area contributed by atoms with E-state index >= 15 is 0 Å². The summed E-state index contributed by atoms with van der Waals surface area (Å²) >= 11 is 5.85.